The molecule has 1 aliphatic carbocycles. The minimum Gasteiger partial charge on any atom is -0.466 e. The molecule has 0 saturated heterocycles. The Hall–Kier alpha value is -1.06. The van der Waals surface area contributed by atoms with Gasteiger partial charge >= 0.3 is 11.9 Å². The van der Waals surface area contributed by atoms with Crippen molar-refractivity contribution in [3.05, 3.63) is 0 Å². The average molecular weight is 242 g/mol. The summed E-state index contributed by atoms with van der Waals surface area (Å²) in [5.41, 5.74) is 0. The predicted octanol–water partition coefficient (Wildman–Crippen LogP) is 2.31. The first-order valence-electron chi connectivity index (χ1n) is 6.48. The second kappa shape index (κ2) is 7.30. The summed E-state index contributed by atoms with van der Waals surface area (Å²) in [5.74, 6) is 0.290. The zero-order chi connectivity index (χ0) is 12.7. The van der Waals surface area contributed by atoms with Gasteiger partial charge in [0.25, 0.3) is 0 Å². The second-order valence-electron chi connectivity index (χ2n) is 4.47. The van der Waals surface area contributed by atoms with Crippen LogP contribution in [0.2, 0.25) is 0 Å². The van der Waals surface area contributed by atoms with Crippen LogP contribution in [0.5, 0.6) is 0 Å². The van der Waals surface area contributed by atoms with E-state index in [0.29, 0.717) is 37.9 Å². The number of carbonyl (C=O) groups is 2. The van der Waals surface area contributed by atoms with Gasteiger partial charge in [-0.15, -0.1) is 0 Å². The summed E-state index contributed by atoms with van der Waals surface area (Å²) < 4.78 is 9.90. The molecule has 0 amide bonds. The molecule has 0 aromatic heterocycles. The molecule has 0 radical (unpaired) electrons. The summed E-state index contributed by atoms with van der Waals surface area (Å²) >= 11 is 0. The Morgan fingerprint density at radius 1 is 0.941 bits per heavy atom. The number of rotatable bonds is 6. The number of ether oxygens (including phenoxy) is 2. The maximum absolute atomic E-state index is 11.4. The van der Waals surface area contributed by atoms with E-state index in [4.69, 9.17) is 9.47 Å². The van der Waals surface area contributed by atoms with E-state index in [9.17, 15) is 9.59 Å². The largest absolute Gasteiger partial charge is 0.466 e. The lowest BCUT2D eigenvalue weighted by atomic mass is 9.90. The highest BCUT2D eigenvalue weighted by atomic mass is 16.5. The summed E-state index contributed by atoms with van der Waals surface area (Å²) in [5, 5.41) is 0. The summed E-state index contributed by atoms with van der Waals surface area (Å²) in [7, 11) is 0. The molecule has 0 heterocycles. The van der Waals surface area contributed by atoms with Crippen molar-refractivity contribution in [2.45, 2.75) is 46.0 Å². The van der Waals surface area contributed by atoms with Gasteiger partial charge in [-0.3, -0.25) is 9.59 Å². The van der Waals surface area contributed by atoms with Crippen LogP contribution in [0.25, 0.3) is 0 Å². The molecule has 1 rings (SSSR count). The zero-order valence-electron chi connectivity index (χ0n) is 10.7. The molecule has 4 heteroatoms. The first kappa shape index (κ1) is 14.0. The van der Waals surface area contributed by atoms with Gasteiger partial charge in [-0.1, -0.05) is 6.42 Å². The fourth-order valence-electron chi connectivity index (χ4n) is 2.52. The molecule has 1 aliphatic rings. The van der Waals surface area contributed by atoms with Gasteiger partial charge < -0.3 is 9.47 Å². The van der Waals surface area contributed by atoms with Crippen molar-refractivity contribution in [2.75, 3.05) is 13.2 Å². The molecular formula is C13H22O4. The van der Waals surface area contributed by atoms with Crippen LogP contribution < -0.4 is 0 Å². The van der Waals surface area contributed by atoms with Crippen molar-refractivity contribution in [1.29, 1.82) is 0 Å². The molecule has 0 N–H and O–H groups in total. The first-order chi connectivity index (χ1) is 8.17. The van der Waals surface area contributed by atoms with Gasteiger partial charge in [0, 0.05) is 12.8 Å². The Morgan fingerprint density at radius 3 is 1.71 bits per heavy atom. The molecule has 0 bridgehead atoms. The topological polar surface area (TPSA) is 52.6 Å². The van der Waals surface area contributed by atoms with E-state index in [1.807, 2.05) is 13.8 Å². The van der Waals surface area contributed by atoms with Gasteiger partial charge in [0.15, 0.2) is 0 Å². The molecule has 2 unspecified atom stereocenters. The lowest BCUT2D eigenvalue weighted by molar-refractivity contribution is -0.147. The van der Waals surface area contributed by atoms with E-state index < -0.39 is 0 Å². The molecule has 1 fully saturated rings. The smallest absolute Gasteiger partial charge is 0.306 e. The Kier molecular flexibility index (Phi) is 6.01. The van der Waals surface area contributed by atoms with Gasteiger partial charge in [-0.25, -0.2) is 0 Å². The lowest BCUT2D eigenvalue weighted by Gasteiger charge is -2.17. The third kappa shape index (κ3) is 4.75. The highest BCUT2D eigenvalue weighted by molar-refractivity contribution is 5.71. The summed E-state index contributed by atoms with van der Waals surface area (Å²) in [6.45, 7) is 4.47. The van der Waals surface area contributed by atoms with Crippen LogP contribution in [0.3, 0.4) is 0 Å². The maximum Gasteiger partial charge on any atom is 0.306 e. The Labute approximate surface area is 103 Å². The molecule has 4 nitrogen and oxygen atoms in total. The molecule has 98 valence electrons. The number of hydrogen-bond acceptors (Lipinski definition) is 4. The van der Waals surface area contributed by atoms with E-state index >= 15 is 0 Å². The van der Waals surface area contributed by atoms with Crippen molar-refractivity contribution >= 4 is 11.9 Å². The fraction of sp³-hybridized carbons (Fsp3) is 0.846. The van der Waals surface area contributed by atoms with Crippen molar-refractivity contribution in [3.63, 3.8) is 0 Å². The van der Waals surface area contributed by atoms with Crippen LogP contribution in [-0.4, -0.2) is 25.2 Å². The highest BCUT2D eigenvalue weighted by Crippen LogP contribution is 2.36. The normalized spacial score (nSPS) is 23.4. The Balaban J connectivity index is 2.38. The van der Waals surface area contributed by atoms with E-state index in [1.54, 1.807) is 0 Å². The van der Waals surface area contributed by atoms with Crippen molar-refractivity contribution < 1.29 is 19.1 Å². The van der Waals surface area contributed by atoms with Gasteiger partial charge in [0.05, 0.1) is 13.2 Å². The summed E-state index contributed by atoms with van der Waals surface area (Å²) in [6, 6.07) is 0. The maximum atomic E-state index is 11.4. The van der Waals surface area contributed by atoms with Gasteiger partial charge in [0.1, 0.15) is 0 Å². The average Bonchev–Trinajstić information content (AvgIpc) is 2.66. The van der Waals surface area contributed by atoms with Crippen LogP contribution >= 0.6 is 0 Å². The fourth-order valence-corrected chi connectivity index (χ4v) is 2.52. The molecule has 0 aromatic carbocycles. The molecule has 2 atom stereocenters. The van der Waals surface area contributed by atoms with Gasteiger partial charge in [-0.2, -0.15) is 0 Å². The molecule has 0 aliphatic heterocycles. The van der Waals surface area contributed by atoms with Crippen molar-refractivity contribution in [2.24, 2.45) is 11.8 Å². The van der Waals surface area contributed by atoms with E-state index in [0.717, 1.165) is 19.3 Å². The molecule has 0 spiro atoms. The molecule has 0 aromatic rings. The quantitative estimate of drug-likeness (QED) is 0.671. The number of hydrogen-bond donors (Lipinski definition) is 0. The minimum atomic E-state index is -0.145. The number of esters is 2. The van der Waals surface area contributed by atoms with Crippen molar-refractivity contribution in [3.8, 4) is 0 Å². The second-order valence-corrected chi connectivity index (χ2v) is 4.47. The molecular weight excluding hydrogens is 220 g/mol. The SMILES string of the molecule is CCOC(=O)CC1CCCC1CC(=O)OCC. The summed E-state index contributed by atoms with van der Waals surface area (Å²) in [4.78, 5) is 22.8. The van der Waals surface area contributed by atoms with Crippen LogP contribution in [0.4, 0.5) is 0 Å². The summed E-state index contributed by atoms with van der Waals surface area (Å²) in [6.07, 6.45) is 4.01. The first-order valence-corrected chi connectivity index (χ1v) is 6.48. The third-order valence-electron chi connectivity index (χ3n) is 3.28. The monoisotopic (exact) mass is 242 g/mol. The third-order valence-corrected chi connectivity index (χ3v) is 3.28. The molecule has 1 saturated carbocycles. The van der Waals surface area contributed by atoms with Crippen LogP contribution in [0, 0.1) is 11.8 Å². The highest BCUT2D eigenvalue weighted by Gasteiger charge is 2.31. The lowest BCUT2D eigenvalue weighted by Crippen LogP contribution is -2.19. The number of carbonyl (C=O) groups excluding carboxylic acids is 2. The Morgan fingerprint density at radius 2 is 1.35 bits per heavy atom. The van der Waals surface area contributed by atoms with Crippen molar-refractivity contribution in [1.82, 2.24) is 0 Å². The van der Waals surface area contributed by atoms with Gasteiger partial charge in [0.2, 0.25) is 0 Å². The predicted molar refractivity (Wildman–Crippen MR) is 63.3 cm³/mol. The van der Waals surface area contributed by atoms with Gasteiger partial charge in [-0.05, 0) is 38.5 Å². The van der Waals surface area contributed by atoms with E-state index in [2.05, 4.69) is 0 Å². The minimum absolute atomic E-state index is 0.145. The zero-order valence-corrected chi connectivity index (χ0v) is 10.7. The van der Waals surface area contributed by atoms with Crippen LogP contribution in [0.15, 0.2) is 0 Å². The van der Waals surface area contributed by atoms with Crippen LogP contribution in [0.1, 0.15) is 46.0 Å². The van der Waals surface area contributed by atoms with E-state index in [-0.39, 0.29) is 11.9 Å². The van der Waals surface area contributed by atoms with E-state index in [1.165, 1.54) is 0 Å². The Bertz CT molecular complexity index is 236. The van der Waals surface area contributed by atoms with Crippen LogP contribution in [-0.2, 0) is 19.1 Å². The standard InChI is InChI=1S/C13H22O4/c1-3-16-12(14)8-10-6-5-7-11(10)9-13(15)17-4-2/h10-11H,3-9H2,1-2H3. The molecule has 17 heavy (non-hydrogen) atoms.